The zero-order chi connectivity index (χ0) is 11.0. The second kappa shape index (κ2) is 3.72. The maximum atomic E-state index is 11.0. The molecule has 2 amide bonds. The molecule has 1 aromatic carbocycles. The molecular weight excluding hydrogens is 237 g/mol. The fourth-order valence-corrected chi connectivity index (χ4v) is 1.66. The van der Waals surface area contributed by atoms with Crippen LogP contribution in [0.15, 0.2) is 23.2 Å². The first-order valence-electron chi connectivity index (χ1n) is 4.17. The van der Waals surface area contributed by atoms with Gasteiger partial charge in [0.25, 0.3) is 0 Å². The third kappa shape index (κ3) is 1.91. The molecule has 78 valence electrons. The van der Waals surface area contributed by atoms with Crippen LogP contribution in [0.1, 0.15) is 11.6 Å². The van der Waals surface area contributed by atoms with Gasteiger partial charge in [0.15, 0.2) is 0 Å². The first kappa shape index (κ1) is 10.3. The monoisotopic (exact) mass is 243 g/mol. The summed E-state index contributed by atoms with van der Waals surface area (Å²) in [7, 11) is 0. The molecule has 2 rings (SSSR count). The quantitative estimate of drug-likeness (QED) is 0.794. The van der Waals surface area contributed by atoms with Crippen LogP contribution < -0.4 is 11.1 Å². The van der Waals surface area contributed by atoms with Crippen LogP contribution in [0.5, 0.6) is 0 Å². The van der Waals surface area contributed by atoms with Crippen molar-refractivity contribution in [2.24, 2.45) is 10.7 Å². The first-order chi connectivity index (χ1) is 7.08. The van der Waals surface area contributed by atoms with Gasteiger partial charge in [0.05, 0.1) is 10.0 Å². The van der Waals surface area contributed by atoms with Crippen molar-refractivity contribution in [1.82, 2.24) is 5.32 Å². The number of nitrogens with two attached hydrogens (primary N) is 1. The van der Waals surface area contributed by atoms with Gasteiger partial charge in [0, 0.05) is 0 Å². The van der Waals surface area contributed by atoms with Crippen molar-refractivity contribution in [3.05, 3.63) is 33.8 Å². The number of benzene rings is 1. The van der Waals surface area contributed by atoms with E-state index in [1.807, 2.05) is 0 Å². The molecule has 1 atom stereocenters. The molecule has 0 spiro atoms. The van der Waals surface area contributed by atoms with Crippen molar-refractivity contribution in [3.8, 4) is 0 Å². The molecule has 0 radical (unpaired) electrons. The van der Waals surface area contributed by atoms with E-state index in [-0.39, 0.29) is 5.84 Å². The third-order valence-electron chi connectivity index (χ3n) is 2.07. The second-order valence-corrected chi connectivity index (χ2v) is 3.91. The summed E-state index contributed by atoms with van der Waals surface area (Å²) in [4.78, 5) is 14.5. The van der Waals surface area contributed by atoms with Gasteiger partial charge in [-0.3, -0.25) is 0 Å². The molecule has 0 fully saturated rings. The molecule has 6 heteroatoms. The molecule has 1 heterocycles. The maximum absolute atomic E-state index is 11.0. The molecule has 1 aliphatic rings. The van der Waals surface area contributed by atoms with Crippen LogP contribution in [0.2, 0.25) is 10.0 Å². The predicted molar refractivity (Wildman–Crippen MR) is 59.4 cm³/mol. The zero-order valence-corrected chi connectivity index (χ0v) is 9.01. The minimum absolute atomic E-state index is 0.235. The molecule has 0 aliphatic carbocycles. The van der Waals surface area contributed by atoms with Crippen LogP contribution in [0.25, 0.3) is 0 Å². The van der Waals surface area contributed by atoms with Crippen molar-refractivity contribution in [1.29, 1.82) is 0 Å². The summed E-state index contributed by atoms with van der Waals surface area (Å²) in [6.45, 7) is 0. The van der Waals surface area contributed by atoms with E-state index in [0.717, 1.165) is 5.56 Å². The summed E-state index contributed by atoms with van der Waals surface area (Å²) in [5.74, 6) is 0.235. The van der Waals surface area contributed by atoms with Crippen molar-refractivity contribution < 1.29 is 4.79 Å². The number of carbonyl (C=O) groups excluding carboxylic acids is 1. The summed E-state index contributed by atoms with van der Waals surface area (Å²) in [5.41, 5.74) is 6.34. The summed E-state index contributed by atoms with van der Waals surface area (Å²) < 4.78 is 0. The van der Waals surface area contributed by atoms with E-state index in [1.165, 1.54) is 0 Å². The highest BCUT2D eigenvalue weighted by Gasteiger charge is 2.25. The van der Waals surface area contributed by atoms with Gasteiger partial charge in [-0.15, -0.1) is 0 Å². The van der Waals surface area contributed by atoms with E-state index >= 15 is 0 Å². The van der Waals surface area contributed by atoms with Crippen molar-refractivity contribution in [2.45, 2.75) is 6.04 Å². The molecule has 4 nitrogen and oxygen atoms in total. The van der Waals surface area contributed by atoms with Crippen molar-refractivity contribution >= 4 is 35.1 Å². The number of aliphatic imine (C=N–C) groups is 1. The van der Waals surface area contributed by atoms with Gasteiger partial charge in [-0.25, -0.2) is 4.79 Å². The number of nitrogens with one attached hydrogen (secondary N) is 1. The number of amides is 2. The van der Waals surface area contributed by atoms with Crippen LogP contribution in [-0.2, 0) is 0 Å². The smallest absolute Gasteiger partial charge is 0.343 e. The van der Waals surface area contributed by atoms with Crippen LogP contribution in [-0.4, -0.2) is 11.9 Å². The number of rotatable bonds is 1. The Morgan fingerprint density at radius 3 is 2.60 bits per heavy atom. The van der Waals surface area contributed by atoms with E-state index in [4.69, 9.17) is 28.9 Å². The molecule has 0 bridgehead atoms. The fourth-order valence-electron chi connectivity index (χ4n) is 1.36. The lowest BCUT2D eigenvalue weighted by atomic mass is 10.1. The summed E-state index contributed by atoms with van der Waals surface area (Å²) in [5, 5.41) is 3.48. The Morgan fingerprint density at radius 2 is 2.07 bits per heavy atom. The molecule has 15 heavy (non-hydrogen) atoms. The van der Waals surface area contributed by atoms with Gasteiger partial charge in [-0.05, 0) is 17.7 Å². The number of hydrogen-bond acceptors (Lipinski definition) is 2. The normalized spacial score (nSPS) is 20.0. The van der Waals surface area contributed by atoms with Gasteiger partial charge in [-0.1, -0.05) is 29.3 Å². The lowest BCUT2D eigenvalue weighted by Gasteiger charge is -2.11. The average molecular weight is 244 g/mol. The minimum Gasteiger partial charge on any atom is -0.385 e. The molecule has 3 N–H and O–H groups in total. The number of urea groups is 1. The summed E-state index contributed by atoms with van der Waals surface area (Å²) >= 11 is 11.6. The average Bonchev–Trinajstić information content (AvgIpc) is 2.50. The van der Waals surface area contributed by atoms with Crippen LogP contribution in [0, 0.1) is 0 Å². The lowest BCUT2D eigenvalue weighted by molar-refractivity contribution is 0.250. The van der Waals surface area contributed by atoms with E-state index in [1.54, 1.807) is 18.2 Å². The highest BCUT2D eigenvalue weighted by Crippen LogP contribution is 2.26. The SMILES string of the molecule is NC1=NC(=O)NC1c1ccc(Cl)c(Cl)c1. The largest absolute Gasteiger partial charge is 0.385 e. The van der Waals surface area contributed by atoms with E-state index in [9.17, 15) is 4.79 Å². The fraction of sp³-hybridized carbons (Fsp3) is 0.111. The molecule has 1 aliphatic heterocycles. The molecule has 1 unspecified atom stereocenters. The van der Waals surface area contributed by atoms with Gasteiger partial charge in [0.2, 0.25) is 0 Å². The standard InChI is InChI=1S/C9H7Cl2N3O/c10-5-2-1-4(3-6(5)11)7-8(12)14-9(15)13-7/h1-3,7H,(H3,12,13,14,15). The Bertz CT molecular complexity index is 459. The molecule has 0 saturated heterocycles. The van der Waals surface area contributed by atoms with Gasteiger partial charge in [0.1, 0.15) is 11.9 Å². The Labute approximate surface area is 96.1 Å². The summed E-state index contributed by atoms with van der Waals surface area (Å²) in [6.07, 6.45) is 0. The molecule has 1 aromatic rings. The zero-order valence-electron chi connectivity index (χ0n) is 7.50. The van der Waals surface area contributed by atoms with Gasteiger partial charge >= 0.3 is 6.03 Å². The number of amidine groups is 1. The number of halogens is 2. The maximum Gasteiger partial charge on any atom is 0.343 e. The van der Waals surface area contributed by atoms with Crippen molar-refractivity contribution in [3.63, 3.8) is 0 Å². The summed E-state index contributed by atoms with van der Waals surface area (Å²) in [6, 6.07) is 4.20. The Hall–Kier alpha value is -1.26. The van der Waals surface area contributed by atoms with Gasteiger partial charge < -0.3 is 11.1 Å². The second-order valence-electron chi connectivity index (χ2n) is 3.09. The number of carbonyl (C=O) groups is 1. The van der Waals surface area contributed by atoms with E-state index in [2.05, 4.69) is 10.3 Å². The van der Waals surface area contributed by atoms with Crippen LogP contribution >= 0.6 is 23.2 Å². The Balaban J connectivity index is 2.35. The van der Waals surface area contributed by atoms with Crippen LogP contribution in [0.4, 0.5) is 4.79 Å². The number of nitrogens with zero attached hydrogens (tertiary/aromatic N) is 1. The molecule has 0 aromatic heterocycles. The molecular formula is C9H7Cl2N3O. The molecule has 0 saturated carbocycles. The third-order valence-corrected chi connectivity index (χ3v) is 2.81. The Kier molecular flexibility index (Phi) is 2.54. The predicted octanol–water partition coefficient (Wildman–Crippen LogP) is 2.11. The highest BCUT2D eigenvalue weighted by atomic mass is 35.5. The van der Waals surface area contributed by atoms with Crippen molar-refractivity contribution in [2.75, 3.05) is 0 Å². The Morgan fingerprint density at radius 1 is 1.33 bits per heavy atom. The van der Waals surface area contributed by atoms with Crippen LogP contribution in [0.3, 0.4) is 0 Å². The lowest BCUT2D eigenvalue weighted by Crippen LogP contribution is -2.27. The minimum atomic E-state index is -0.441. The van der Waals surface area contributed by atoms with Gasteiger partial charge in [-0.2, -0.15) is 4.99 Å². The first-order valence-corrected chi connectivity index (χ1v) is 4.93. The highest BCUT2D eigenvalue weighted by molar-refractivity contribution is 6.42. The van der Waals surface area contributed by atoms with E-state index < -0.39 is 12.1 Å². The topological polar surface area (TPSA) is 67.5 Å². The number of hydrogen-bond donors (Lipinski definition) is 2. The van der Waals surface area contributed by atoms with E-state index in [0.29, 0.717) is 10.0 Å².